The van der Waals surface area contributed by atoms with E-state index in [1.54, 1.807) is 42.5 Å². The first-order valence-electron chi connectivity index (χ1n) is 7.36. The van der Waals surface area contributed by atoms with Gasteiger partial charge in [0.2, 0.25) is 0 Å². The highest BCUT2D eigenvalue weighted by atomic mass is 79.9. The molecule has 0 bridgehead atoms. The minimum Gasteiger partial charge on any atom is -0.456 e. The average Bonchev–Trinajstić information content (AvgIpc) is 2.54. The van der Waals surface area contributed by atoms with E-state index in [9.17, 15) is 9.59 Å². The maximum Gasteiger partial charge on any atom is 0.358 e. The minimum atomic E-state index is -0.639. The predicted molar refractivity (Wildman–Crippen MR) is 92.9 cm³/mol. The van der Waals surface area contributed by atoms with Crippen molar-refractivity contribution in [1.29, 1.82) is 0 Å². The van der Waals surface area contributed by atoms with E-state index in [0.717, 1.165) is 0 Å². The summed E-state index contributed by atoms with van der Waals surface area (Å²) in [6, 6.07) is 11.7. The first-order valence-corrected chi connectivity index (χ1v) is 8.27. The van der Waals surface area contributed by atoms with Crippen molar-refractivity contribution in [2.75, 3.05) is 0 Å². The van der Waals surface area contributed by atoms with Crippen LogP contribution in [0.1, 0.15) is 52.2 Å². The first-order chi connectivity index (χ1) is 11.3. The van der Waals surface area contributed by atoms with Crippen LogP contribution >= 0.6 is 15.9 Å². The van der Waals surface area contributed by atoms with Gasteiger partial charge in [-0.15, -0.1) is 0 Å². The van der Waals surface area contributed by atoms with E-state index in [2.05, 4.69) is 20.9 Å². The number of esters is 2. The Labute approximate surface area is 149 Å². The monoisotopic (exact) mass is 391 g/mol. The molecule has 1 heterocycles. The first kappa shape index (κ1) is 18.1. The molecule has 6 heteroatoms. The molecule has 1 unspecified atom stereocenters. The van der Waals surface area contributed by atoms with Crippen LogP contribution < -0.4 is 0 Å². The van der Waals surface area contributed by atoms with E-state index >= 15 is 0 Å². The standard InChI is InChI=1S/C18H18BrNO4/c1-18(2,3)24-16(21)13-9-7-12(8-10-13)15(19)23-17(22)14-6-4-5-11-20-14/h4-11,15H,1-3H3. The number of nitrogens with zero attached hydrogens (tertiary/aromatic N) is 1. The van der Waals surface area contributed by atoms with Crippen LogP contribution in [0.4, 0.5) is 0 Å². The maximum atomic E-state index is 12.0. The number of ether oxygens (including phenoxy) is 2. The minimum absolute atomic E-state index is 0.229. The molecule has 24 heavy (non-hydrogen) atoms. The number of benzene rings is 1. The lowest BCUT2D eigenvalue weighted by atomic mass is 10.1. The molecule has 0 fully saturated rings. The lowest BCUT2D eigenvalue weighted by Gasteiger charge is -2.19. The topological polar surface area (TPSA) is 65.5 Å². The van der Waals surface area contributed by atoms with E-state index < -0.39 is 22.6 Å². The number of aromatic nitrogens is 1. The second-order valence-corrected chi connectivity index (χ2v) is 6.89. The SMILES string of the molecule is CC(C)(C)OC(=O)c1ccc(C(Br)OC(=O)c2ccccn2)cc1. The van der Waals surface area contributed by atoms with Crippen molar-refractivity contribution in [2.45, 2.75) is 31.4 Å². The summed E-state index contributed by atoms with van der Waals surface area (Å²) in [7, 11) is 0. The summed E-state index contributed by atoms with van der Waals surface area (Å²) < 4.78 is 10.6. The summed E-state index contributed by atoms with van der Waals surface area (Å²) in [5.41, 5.74) is 0.815. The van der Waals surface area contributed by atoms with E-state index in [1.807, 2.05) is 20.8 Å². The molecule has 0 saturated carbocycles. The Morgan fingerprint density at radius 1 is 1.04 bits per heavy atom. The molecule has 2 rings (SSSR count). The summed E-state index contributed by atoms with van der Waals surface area (Å²) in [5.74, 6) is -0.931. The van der Waals surface area contributed by atoms with E-state index in [4.69, 9.17) is 9.47 Å². The zero-order valence-electron chi connectivity index (χ0n) is 13.7. The average molecular weight is 392 g/mol. The van der Waals surface area contributed by atoms with Crippen LogP contribution in [0.2, 0.25) is 0 Å². The van der Waals surface area contributed by atoms with Crippen molar-refractivity contribution in [3.05, 3.63) is 65.5 Å². The number of alkyl halides is 1. The van der Waals surface area contributed by atoms with Crippen LogP contribution in [0.5, 0.6) is 0 Å². The predicted octanol–water partition coefficient (Wildman–Crippen LogP) is 4.29. The fourth-order valence-electron chi connectivity index (χ4n) is 1.81. The van der Waals surface area contributed by atoms with Gasteiger partial charge in [-0.3, -0.25) is 0 Å². The molecular weight excluding hydrogens is 374 g/mol. The molecule has 0 amide bonds. The van der Waals surface area contributed by atoms with E-state index in [-0.39, 0.29) is 5.69 Å². The second kappa shape index (κ2) is 7.57. The number of pyridine rings is 1. The van der Waals surface area contributed by atoms with Crippen LogP contribution in [0.3, 0.4) is 0 Å². The molecule has 0 N–H and O–H groups in total. The third kappa shape index (κ3) is 5.16. The molecule has 0 aliphatic carbocycles. The van der Waals surface area contributed by atoms with Gasteiger partial charge in [0.05, 0.1) is 5.56 Å². The molecule has 0 spiro atoms. The van der Waals surface area contributed by atoms with Crippen LogP contribution in [-0.2, 0) is 9.47 Å². The molecule has 2 aromatic rings. The Kier molecular flexibility index (Phi) is 5.72. The number of hydrogen-bond acceptors (Lipinski definition) is 5. The molecular formula is C18H18BrNO4. The van der Waals surface area contributed by atoms with Crippen molar-refractivity contribution in [2.24, 2.45) is 0 Å². The highest BCUT2D eigenvalue weighted by Gasteiger charge is 2.19. The van der Waals surface area contributed by atoms with Gasteiger partial charge in [0.25, 0.3) is 0 Å². The normalized spacial score (nSPS) is 12.3. The summed E-state index contributed by atoms with van der Waals surface area (Å²) >= 11 is 3.31. The van der Waals surface area contributed by atoms with Gasteiger partial charge in [-0.05, 0) is 61.0 Å². The summed E-state index contributed by atoms with van der Waals surface area (Å²) in [6.45, 7) is 5.43. The smallest absolute Gasteiger partial charge is 0.358 e. The van der Waals surface area contributed by atoms with Crippen molar-refractivity contribution in [3.63, 3.8) is 0 Å². The van der Waals surface area contributed by atoms with Crippen LogP contribution in [0.15, 0.2) is 48.7 Å². The van der Waals surface area contributed by atoms with Crippen LogP contribution in [-0.4, -0.2) is 22.5 Å². The Bertz CT molecular complexity index is 708. The fourth-order valence-corrected chi connectivity index (χ4v) is 2.29. The van der Waals surface area contributed by atoms with Gasteiger partial charge in [-0.25, -0.2) is 14.6 Å². The second-order valence-electron chi connectivity index (χ2n) is 6.06. The summed E-state index contributed by atoms with van der Waals surface area (Å²) in [4.78, 5) is 27.9. The molecule has 126 valence electrons. The van der Waals surface area contributed by atoms with Crippen molar-refractivity contribution in [1.82, 2.24) is 4.98 Å². The van der Waals surface area contributed by atoms with Gasteiger partial charge >= 0.3 is 11.9 Å². The van der Waals surface area contributed by atoms with Gasteiger partial charge in [-0.1, -0.05) is 18.2 Å². The highest BCUT2D eigenvalue weighted by molar-refractivity contribution is 9.09. The maximum absolute atomic E-state index is 12.0. The number of hydrogen-bond donors (Lipinski definition) is 0. The highest BCUT2D eigenvalue weighted by Crippen LogP contribution is 2.26. The molecule has 0 aliphatic heterocycles. The Balaban J connectivity index is 2.02. The van der Waals surface area contributed by atoms with E-state index in [0.29, 0.717) is 11.1 Å². The molecule has 1 atom stereocenters. The summed E-state index contributed by atoms with van der Waals surface area (Å²) in [6.07, 6.45) is 1.52. The molecule has 0 saturated heterocycles. The van der Waals surface area contributed by atoms with Gasteiger partial charge in [0.15, 0.2) is 5.01 Å². The Hall–Kier alpha value is -2.21. The number of halogens is 1. The molecule has 0 radical (unpaired) electrons. The van der Waals surface area contributed by atoms with Crippen molar-refractivity contribution in [3.8, 4) is 0 Å². The van der Waals surface area contributed by atoms with Gasteiger partial charge in [-0.2, -0.15) is 0 Å². The zero-order chi connectivity index (χ0) is 17.7. The van der Waals surface area contributed by atoms with E-state index in [1.165, 1.54) is 6.20 Å². The third-order valence-electron chi connectivity index (χ3n) is 2.89. The van der Waals surface area contributed by atoms with Gasteiger partial charge in [0.1, 0.15) is 11.3 Å². The number of carbonyl (C=O) groups is 2. The fraction of sp³-hybridized carbons (Fsp3) is 0.278. The van der Waals surface area contributed by atoms with Crippen molar-refractivity contribution >= 4 is 27.9 Å². The van der Waals surface area contributed by atoms with Crippen molar-refractivity contribution < 1.29 is 19.1 Å². The van der Waals surface area contributed by atoms with Gasteiger partial charge < -0.3 is 9.47 Å². The lowest BCUT2D eigenvalue weighted by Crippen LogP contribution is -2.23. The number of rotatable bonds is 4. The third-order valence-corrected chi connectivity index (χ3v) is 3.61. The zero-order valence-corrected chi connectivity index (χ0v) is 15.2. The van der Waals surface area contributed by atoms with Crippen LogP contribution in [0.25, 0.3) is 0 Å². The Morgan fingerprint density at radius 2 is 1.71 bits per heavy atom. The van der Waals surface area contributed by atoms with Crippen LogP contribution in [0, 0.1) is 0 Å². The Morgan fingerprint density at radius 3 is 2.25 bits per heavy atom. The molecule has 1 aromatic heterocycles. The van der Waals surface area contributed by atoms with Gasteiger partial charge in [0, 0.05) is 11.8 Å². The molecule has 1 aromatic carbocycles. The molecule has 0 aliphatic rings. The largest absolute Gasteiger partial charge is 0.456 e. The molecule has 5 nitrogen and oxygen atoms in total. The summed E-state index contributed by atoms with van der Waals surface area (Å²) in [5, 5.41) is -0.639. The lowest BCUT2D eigenvalue weighted by molar-refractivity contribution is 0.00689. The quantitative estimate of drug-likeness (QED) is 0.574. The number of carbonyl (C=O) groups excluding carboxylic acids is 2.